The maximum absolute atomic E-state index is 5.80. The summed E-state index contributed by atoms with van der Waals surface area (Å²) in [5, 5.41) is 3.85. The number of aryl methyl sites for hydroxylation is 1. The fourth-order valence-corrected chi connectivity index (χ4v) is 1.70. The zero-order valence-electron chi connectivity index (χ0n) is 8.44. The minimum atomic E-state index is 0.309. The Balaban J connectivity index is 1.90. The highest BCUT2D eigenvalue weighted by Crippen LogP contribution is 2.10. The van der Waals surface area contributed by atoms with Crippen LogP contribution in [-0.4, -0.2) is 34.2 Å². The summed E-state index contributed by atoms with van der Waals surface area (Å²) in [6.45, 7) is 4.72. The average molecular weight is 196 g/mol. The molecule has 0 aliphatic carbocycles. The molecule has 0 aromatic carbocycles. The first-order valence-corrected chi connectivity index (χ1v) is 5.07. The lowest BCUT2D eigenvalue weighted by Crippen LogP contribution is -2.26. The van der Waals surface area contributed by atoms with Gasteiger partial charge in [0, 0.05) is 25.6 Å². The lowest BCUT2D eigenvalue weighted by atomic mass is 10.3. The molecule has 1 aromatic rings. The highest BCUT2D eigenvalue weighted by Gasteiger charge is 2.20. The quantitative estimate of drug-likeness (QED) is 0.746. The number of likely N-dealkylation sites (tertiary alicyclic amines) is 1. The molecule has 1 atom stereocenters. The first-order chi connectivity index (χ1) is 6.78. The van der Waals surface area contributed by atoms with Gasteiger partial charge in [-0.3, -0.25) is 4.90 Å². The molecule has 5 heteroatoms. The van der Waals surface area contributed by atoms with E-state index < -0.39 is 0 Å². The molecule has 2 heterocycles. The van der Waals surface area contributed by atoms with E-state index in [0.717, 1.165) is 38.3 Å². The van der Waals surface area contributed by atoms with Crippen molar-refractivity contribution in [2.24, 2.45) is 5.73 Å². The Bertz CT molecular complexity index is 299. The molecule has 1 aromatic heterocycles. The summed E-state index contributed by atoms with van der Waals surface area (Å²) in [6, 6.07) is 0.309. The molecule has 5 nitrogen and oxygen atoms in total. The number of rotatable bonds is 3. The minimum absolute atomic E-state index is 0.309. The van der Waals surface area contributed by atoms with E-state index in [2.05, 4.69) is 15.0 Å². The van der Waals surface area contributed by atoms with Crippen LogP contribution in [0.3, 0.4) is 0 Å². The molecule has 0 unspecified atom stereocenters. The van der Waals surface area contributed by atoms with Crippen molar-refractivity contribution in [2.45, 2.75) is 32.4 Å². The molecule has 1 saturated heterocycles. The summed E-state index contributed by atoms with van der Waals surface area (Å²) in [6.07, 6.45) is 1.89. The number of nitrogens with two attached hydrogens (primary N) is 1. The molecule has 0 radical (unpaired) electrons. The zero-order chi connectivity index (χ0) is 9.97. The van der Waals surface area contributed by atoms with Gasteiger partial charge in [0.2, 0.25) is 5.89 Å². The van der Waals surface area contributed by atoms with Gasteiger partial charge in [-0.05, 0) is 6.42 Å². The fraction of sp³-hybridized carbons (Fsp3) is 0.778. The molecule has 1 aliphatic heterocycles. The van der Waals surface area contributed by atoms with Gasteiger partial charge in [0.25, 0.3) is 0 Å². The molecule has 0 saturated carbocycles. The van der Waals surface area contributed by atoms with E-state index in [4.69, 9.17) is 10.3 Å². The second kappa shape index (κ2) is 4.06. The summed E-state index contributed by atoms with van der Waals surface area (Å²) in [5.74, 6) is 1.49. The first-order valence-electron chi connectivity index (χ1n) is 5.07. The molecule has 1 fully saturated rings. The predicted molar refractivity (Wildman–Crippen MR) is 51.5 cm³/mol. The lowest BCUT2D eigenvalue weighted by Gasteiger charge is -2.10. The fourth-order valence-electron chi connectivity index (χ4n) is 1.70. The summed E-state index contributed by atoms with van der Waals surface area (Å²) >= 11 is 0. The van der Waals surface area contributed by atoms with E-state index in [1.165, 1.54) is 0 Å². The van der Waals surface area contributed by atoms with Crippen molar-refractivity contribution < 1.29 is 4.52 Å². The van der Waals surface area contributed by atoms with Crippen LogP contribution in [0.1, 0.15) is 25.1 Å². The van der Waals surface area contributed by atoms with Gasteiger partial charge >= 0.3 is 0 Å². The Hall–Kier alpha value is -0.940. The molecule has 2 rings (SSSR count). The second-order valence-electron chi connectivity index (χ2n) is 3.74. The van der Waals surface area contributed by atoms with Crippen molar-refractivity contribution in [3.05, 3.63) is 11.7 Å². The van der Waals surface area contributed by atoms with Gasteiger partial charge in [-0.1, -0.05) is 12.1 Å². The maximum atomic E-state index is 5.80. The van der Waals surface area contributed by atoms with E-state index in [1.54, 1.807) is 0 Å². The summed E-state index contributed by atoms with van der Waals surface area (Å²) in [4.78, 5) is 6.50. The highest BCUT2D eigenvalue weighted by atomic mass is 16.5. The third-order valence-electron chi connectivity index (χ3n) is 2.49. The lowest BCUT2D eigenvalue weighted by molar-refractivity contribution is 0.265. The van der Waals surface area contributed by atoms with Crippen molar-refractivity contribution >= 4 is 0 Å². The van der Waals surface area contributed by atoms with Gasteiger partial charge in [-0.25, -0.2) is 0 Å². The molecular weight excluding hydrogens is 180 g/mol. The van der Waals surface area contributed by atoms with E-state index in [-0.39, 0.29) is 0 Å². The largest absolute Gasteiger partial charge is 0.338 e. The van der Waals surface area contributed by atoms with Crippen LogP contribution < -0.4 is 5.73 Å². The maximum Gasteiger partial charge on any atom is 0.240 e. The van der Waals surface area contributed by atoms with Crippen molar-refractivity contribution in [1.29, 1.82) is 0 Å². The van der Waals surface area contributed by atoms with Crippen LogP contribution in [0.15, 0.2) is 4.52 Å². The van der Waals surface area contributed by atoms with Gasteiger partial charge in [-0.15, -0.1) is 0 Å². The third-order valence-corrected chi connectivity index (χ3v) is 2.49. The Kier molecular flexibility index (Phi) is 2.79. The van der Waals surface area contributed by atoms with E-state index >= 15 is 0 Å². The van der Waals surface area contributed by atoms with Crippen molar-refractivity contribution in [3.63, 3.8) is 0 Å². The van der Waals surface area contributed by atoms with Crippen LogP contribution in [0.5, 0.6) is 0 Å². The highest BCUT2D eigenvalue weighted by molar-refractivity contribution is 4.87. The van der Waals surface area contributed by atoms with Crippen LogP contribution in [-0.2, 0) is 13.0 Å². The Labute approximate surface area is 83.3 Å². The van der Waals surface area contributed by atoms with Gasteiger partial charge in [0.05, 0.1) is 6.54 Å². The van der Waals surface area contributed by atoms with Crippen LogP contribution in [0.4, 0.5) is 0 Å². The molecule has 1 aliphatic rings. The Morgan fingerprint density at radius 3 is 3.07 bits per heavy atom. The first kappa shape index (κ1) is 9.61. The van der Waals surface area contributed by atoms with Crippen molar-refractivity contribution in [3.8, 4) is 0 Å². The van der Waals surface area contributed by atoms with E-state index in [1.807, 2.05) is 6.92 Å². The van der Waals surface area contributed by atoms with Gasteiger partial charge in [0.15, 0.2) is 5.82 Å². The molecule has 0 spiro atoms. The normalized spacial score (nSPS) is 23.1. The summed E-state index contributed by atoms with van der Waals surface area (Å²) in [5.41, 5.74) is 5.80. The molecule has 0 bridgehead atoms. The SMILES string of the molecule is CCc1noc(CN2CC[C@H](N)C2)n1. The molecule has 0 amide bonds. The van der Waals surface area contributed by atoms with Crippen LogP contribution in [0.25, 0.3) is 0 Å². The minimum Gasteiger partial charge on any atom is -0.338 e. The smallest absolute Gasteiger partial charge is 0.240 e. The number of nitrogens with zero attached hydrogens (tertiary/aromatic N) is 3. The standard InChI is InChI=1S/C9H16N4O/c1-2-8-11-9(14-12-8)6-13-4-3-7(10)5-13/h7H,2-6,10H2,1H3/t7-/m0/s1. The van der Waals surface area contributed by atoms with E-state index in [0.29, 0.717) is 11.9 Å². The monoisotopic (exact) mass is 196 g/mol. The summed E-state index contributed by atoms with van der Waals surface area (Å²) < 4.78 is 5.11. The van der Waals surface area contributed by atoms with Crippen LogP contribution in [0, 0.1) is 0 Å². The number of aromatic nitrogens is 2. The topological polar surface area (TPSA) is 68.2 Å². The van der Waals surface area contributed by atoms with Gasteiger partial charge in [0.1, 0.15) is 0 Å². The Morgan fingerprint density at radius 2 is 2.50 bits per heavy atom. The molecule has 2 N–H and O–H groups in total. The molecule has 14 heavy (non-hydrogen) atoms. The zero-order valence-corrected chi connectivity index (χ0v) is 8.44. The molecule has 78 valence electrons. The second-order valence-corrected chi connectivity index (χ2v) is 3.74. The number of hydrogen-bond acceptors (Lipinski definition) is 5. The van der Waals surface area contributed by atoms with E-state index in [9.17, 15) is 0 Å². The van der Waals surface area contributed by atoms with Gasteiger partial charge in [-0.2, -0.15) is 4.98 Å². The van der Waals surface area contributed by atoms with Crippen molar-refractivity contribution in [1.82, 2.24) is 15.0 Å². The van der Waals surface area contributed by atoms with Gasteiger partial charge < -0.3 is 10.3 Å². The third kappa shape index (κ3) is 2.10. The molecular formula is C9H16N4O. The summed E-state index contributed by atoms with van der Waals surface area (Å²) in [7, 11) is 0. The Morgan fingerprint density at radius 1 is 1.64 bits per heavy atom. The van der Waals surface area contributed by atoms with Crippen LogP contribution in [0.2, 0.25) is 0 Å². The predicted octanol–water partition coefficient (Wildman–Crippen LogP) is 0.165. The van der Waals surface area contributed by atoms with Crippen molar-refractivity contribution in [2.75, 3.05) is 13.1 Å². The number of hydrogen-bond donors (Lipinski definition) is 1. The average Bonchev–Trinajstić information content (AvgIpc) is 2.76. The van der Waals surface area contributed by atoms with Crippen LogP contribution >= 0.6 is 0 Å².